The Morgan fingerprint density at radius 3 is 2.79 bits per heavy atom. The highest BCUT2D eigenvalue weighted by molar-refractivity contribution is 8.77. The molecule has 2 N–H and O–H groups in total. The number of aliphatic hydroxyl groups is 1. The Balaban J connectivity index is 1.37. The summed E-state index contributed by atoms with van der Waals surface area (Å²) in [5, 5.41) is 9.75. The van der Waals surface area contributed by atoms with E-state index < -0.39 is 36.7 Å². The topological polar surface area (TPSA) is 120 Å². The van der Waals surface area contributed by atoms with Crippen molar-refractivity contribution in [2.75, 3.05) is 13.2 Å². The summed E-state index contributed by atoms with van der Waals surface area (Å²) >= 11 is 1.27. The van der Waals surface area contributed by atoms with E-state index >= 15 is 0 Å². The molecule has 3 heterocycles. The molecule has 0 aliphatic carbocycles. The van der Waals surface area contributed by atoms with Crippen LogP contribution in [-0.2, 0) is 24.6 Å². The van der Waals surface area contributed by atoms with E-state index in [9.17, 15) is 19.3 Å². The fourth-order valence-electron chi connectivity index (χ4n) is 3.48. The van der Waals surface area contributed by atoms with Gasteiger partial charge in [0.05, 0.1) is 18.5 Å². The number of fused-ring (bicyclic) bond motifs is 1. The zero-order chi connectivity index (χ0) is 24.5. The molecule has 3 unspecified atom stereocenters. The molecule has 0 bridgehead atoms. The third kappa shape index (κ3) is 6.22. The molecule has 2 fully saturated rings. The molecule has 0 radical (unpaired) electrons. The molecular weight excluding hydrogens is 519 g/mol. The van der Waals surface area contributed by atoms with Crippen molar-refractivity contribution in [2.45, 2.75) is 59.7 Å². The molecule has 2 aliphatic heterocycles. The van der Waals surface area contributed by atoms with E-state index in [1.165, 1.54) is 28.6 Å². The number of hydrogen-bond acceptors (Lipinski definition) is 10. The number of rotatable bonds is 7. The van der Waals surface area contributed by atoms with E-state index in [0.717, 1.165) is 10.5 Å². The van der Waals surface area contributed by atoms with Crippen LogP contribution in [-0.4, -0.2) is 50.1 Å². The van der Waals surface area contributed by atoms with Gasteiger partial charge >= 0.3 is 13.5 Å². The van der Waals surface area contributed by atoms with Gasteiger partial charge in [-0.05, 0) is 18.1 Å². The molecule has 186 valence electrons. The Labute approximate surface area is 209 Å². The highest BCUT2D eigenvalue weighted by atomic mass is 33.1. The molecule has 34 heavy (non-hydrogen) atoms. The Bertz CT molecular complexity index is 1180. The van der Waals surface area contributed by atoms with Crippen molar-refractivity contribution < 1.29 is 23.2 Å². The first-order chi connectivity index (χ1) is 16.0. The minimum atomic E-state index is -3.88. The molecule has 9 nitrogen and oxygen atoms in total. The fraction of sp³-hybridized carbons (Fsp3) is 0.524. The lowest BCUT2D eigenvalue weighted by Gasteiger charge is -2.31. The number of H-pyrrole nitrogens is 1. The lowest BCUT2D eigenvalue weighted by atomic mass is 10.1. The second-order valence-corrected chi connectivity index (χ2v) is 14.8. The van der Waals surface area contributed by atoms with Crippen molar-refractivity contribution in [2.24, 2.45) is 0 Å². The monoisotopic (exact) mass is 546 g/mol. The van der Waals surface area contributed by atoms with Crippen LogP contribution in [0, 0.1) is 0 Å². The molecule has 13 heteroatoms. The van der Waals surface area contributed by atoms with Crippen molar-refractivity contribution in [1.82, 2.24) is 9.55 Å². The number of phosphoric acid groups is 1. The summed E-state index contributed by atoms with van der Waals surface area (Å²) in [6, 6.07) is 9.19. The number of thioether (sulfide) groups is 1. The predicted molar refractivity (Wildman–Crippen MR) is 135 cm³/mol. The molecule has 2 aliphatic rings. The number of aliphatic hydroxyl groups excluding tert-OH is 1. The minimum Gasteiger partial charge on any atom is -0.387 e. The Morgan fingerprint density at radius 2 is 2.06 bits per heavy atom. The summed E-state index contributed by atoms with van der Waals surface area (Å²) in [5.74, 6) is 0. The molecule has 1 aromatic carbocycles. The van der Waals surface area contributed by atoms with Gasteiger partial charge in [0.25, 0.3) is 5.56 Å². The molecule has 2 aromatic rings. The van der Waals surface area contributed by atoms with E-state index in [1.54, 1.807) is 21.6 Å². The highest BCUT2D eigenvalue weighted by Crippen LogP contribution is 2.59. The van der Waals surface area contributed by atoms with E-state index in [2.05, 4.69) is 25.8 Å². The van der Waals surface area contributed by atoms with Crippen LogP contribution in [0.2, 0.25) is 0 Å². The lowest BCUT2D eigenvalue weighted by Crippen LogP contribution is -2.40. The van der Waals surface area contributed by atoms with Crippen LogP contribution < -0.4 is 11.2 Å². The Kier molecular flexibility index (Phi) is 8.10. The number of nitrogens with zero attached hydrogens (tertiary/aromatic N) is 1. The van der Waals surface area contributed by atoms with Crippen molar-refractivity contribution in [1.29, 1.82) is 0 Å². The number of aromatic nitrogens is 2. The molecule has 5 atom stereocenters. The second kappa shape index (κ2) is 10.6. The van der Waals surface area contributed by atoms with Gasteiger partial charge in [-0.1, -0.05) is 60.6 Å². The van der Waals surface area contributed by atoms with Gasteiger partial charge in [0, 0.05) is 21.9 Å². The minimum absolute atomic E-state index is 0.0485. The van der Waals surface area contributed by atoms with Crippen molar-refractivity contribution >= 4 is 41.2 Å². The number of benzene rings is 1. The zero-order valence-corrected chi connectivity index (χ0v) is 22.3. The average molecular weight is 547 g/mol. The molecule has 2 saturated heterocycles. The van der Waals surface area contributed by atoms with E-state index in [4.69, 9.17) is 13.6 Å². The number of hydrogen-bond donors (Lipinski definition) is 2. The van der Waals surface area contributed by atoms with Gasteiger partial charge in [-0.25, -0.2) is 9.36 Å². The number of nitrogens with one attached hydrogen (secondary N) is 1. The van der Waals surface area contributed by atoms with Crippen LogP contribution in [0.25, 0.3) is 0 Å². The van der Waals surface area contributed by atoms with Gasteiger partial charge < -0.3 is 5.11 Å². The Hall–Kier alpha value is -0.980. The Morgan fingerprint density at radius 1 is 1.29 bits per heavy atom. The third-order valence-corrected chi connectivity index (χ3v) is 11.5. The largest absolute Gasteiger partial charge is 0.475 e. The van der Waals surface area contributed by atoms with Crippen LogP contribution in [0.5, 0.6) is 0 Å². The molecule has 4 rings (SSSR count). The smallest absolute Gasteiger partial charge is 0.387 e. The van der Waals surface area contributed by atoms with Crippen LogP contribution in [0.3, 0.4) is 0 Å². The van der Waals surface area contributed by atoms with Crippen molar-refractivity contribution in [3.8, 4) is 0 Å². The maximum atomic E-state index is 13.1. The van der Waals surface area contributed by atoms with E-state index in [-0.39, 0.29) is 23.2 Å². The third-order valence-electron chi connectivity index (χ3n) is 5.06. The maximum Gasteiger partial charge on any atom is 0.475 e. The molecule has 0 saturated carbocycles. The van der Waals surface area contributed by atoms with E-state index in [1.807, 2.05) is 24.3 Å². The van der Waals surface area contributed by atoms with Crippen LogP contribution in [0.4, 0.5) is 0 Å². The first-order valence-electron chi connectivity index (χ1n) is 10.7. The summed E-state index contributed by atoms with van der Waals surface area (Å²) in [6.07, 6.45) is -0.125. The van der Waals surface area contributed by atoms with Crippen LogP contribution >= 0.6 is 41.2 Å². The summed E-state index contributed by atoms with van der Waals surface area (Å²) in [4.78, 5) is 26.8. The van der Waals surface area contributed by atoms with Crippen molar-refractivity contribution in [3.63, 3.8) is 0 Å². The molecular formula is C21H27N2O7PS3. The first-order valence-corrected chi connectivity index (χ1v) is 15.3. The first kappa shape index (κ1) is 26.1. The standard InChI is InChI=1S/C21H27N2O7PS3/c1-21(2,3)34-33-14-7-5-4-6-13(14)9-11-28-31(27)29-12-15-18(30-31)17(25)19(32-15)23-10-8-16(24)22-20(23)26/h4-8,10,15,17-19,25H,9,11-12H2,1-3H3,(H,22,24,26)/t15-,17?,18?,19-,31?/m1/s1. The van der Waals surface area contributed by atoms with Crippen molar-refractivity contribution in [3.05, 3.63) is 62.9 Å². The maximum absolute atomic E-state index is 13.1. The van der Waals surface area contributed by atoms with Gasteiger partial charge in [0.15, 0.2) is 0 Å². The number of phosphoric ester groups is 1. The quantitative estimate of drug-likeness (QED) is 0.392. The summed E-state index contributed by atoms with van der Waals surface area (Å²) in [6.45, 7) is 6.63. The van der Waals surface area contributed by atoms with Gasteiger partial charge in [-0.3, -0.25) is 27.9 Å². The normalized spacial score (nSPS) is 29.2. The molecule has 0 amide bonds. The summed E-state index contributed by atoms with van der Waals surface area (Å²) in [5.41, 5.74) is -0.0884. The van der Waals surface area contributed by atoms with Gasteiger partial charge in [0.2, 0.25) is 0 Å². The van der Waals surface area contributed by atoms with Crippen LogP contribution in [0.1, 0.15) is 31.7 Å². The highest BCUT2D eigenvalue weighted by Gasteiger charge is 2.53. The van der Waals surface area contributed by atoms with Gasteiger partial charge in [-0.2, -0.15) is 0 Å². The zero-order valence-electron chi connectivity index (χ0n) is 18.9. The van der Waals surface area contributed by atoms with Crippen LogP contribution in [0.15, 0.2) is 51.0 Å². The predicted octanol–water partition coefficient (Wildman–Crippen LogP) is 3.83. The second-order valence-electron chi connectivity index (χ2n) is 8.86. The summed E-state index contributed by atoms with van der Waals surface area (Å²) in [7, 11) is -0.417. The SMILES string of the molecule is CC(C)(C)SSc1ccccc1CCOP1(=O)OC[C@H]2S[C@@H](n3ccc(=O)[nH]c3=O)C(O)C2O1. The summed E-state index contributed by atoms with van der Waals surface area (Å²) < 4.78 is 31.1. The number of aromatic amines is 1. The molecule has 0 spiro atoms. The molecule has 1 aromatic heterocycles. The van der Waals surface area contributed by atoms with Gasteiger partial charge in [0.1, 0.15) is 17.6 Å². The van der Waals surface area contributed by atoms with E-state index in [0.29, 0.717) is 6.42 Å². The average Bonchev–Trinajstić information content (AvgIpc) is 3.08. The van der Waals surface area contributed by atoms with Gasteiger partial charge in [-0.15, -0.1) is 11.8 Å². The fourth-order valence-corrected chi connectivity index (χ4v) is 8.84. The lowest BCUT2D eigenvalue weighted by molar-refractivity contribution is -0.0279.